The van der Waals surface area contributed by atoms with Gasteiger partial charge in [0.2, 0.25) is 0 Å². The fraction of sp³-hybridized carbons (Fsp3) is 0.394. The highest BCUT2D eigenvalue weighted by molar-refractivity contribution is 5.98. The van der Waals surface area contributed by atoms with E-state index in [0.29, 0.717) is 18.0 Å². The summed E-state index contributed by atoms with van der Waals surface area (Å²) < 4.78 is 0. The van der Waals surface area contributed by atoms with Crippen molar-refractivity contribution in [2.45, 2.75) is 63.6 Å². The largest absolute Gasteiger partial charge is 0.392 e. The first kappa shape index (κ1) is 24.6. The lowest BCUT2D eigenvalue weighted by molar-refractivity contribution is 0.0703. The van der Waals surface area contributed by atoms with Gasteiger partial charge in [-0.1, -0.05) is 18.2 Å². The van der Waals surface area contributed by atoms with Crippen molar-refractivity contribution in [2.24, 2.45) is 0 Å². The van der Waals surface area contributed by atoms with Crippen molar-refractivity contribution in [1.29, 1.82) is 0 Å². The van der Waals surface area contributed by atoms with Crippen LogP contribution in [0.1, 0.15) is 65.6 Å². The van der Waals surface area contributed by atoms with E-state index in [-0.39, 0.29) is 5.91 Å². The Kier molecular flexibility index (Phi) is 6.05. The maximum absolute atomic E-state index is 12.7. The van der Waals surface area contributed by atoms with E-state index >= 15 is 0 Å². The molecule has 0 spiro atoms. The molecule has 0 bridgehead atoms. The van der Waals surface area contributed by atoms with Crippen molar-refractivity contribution in [3.8, 4) is 22.3 Å². The lowest BCUT2D eigenvalue weighted by Gasteiger charge is -2.39. The number of amides is 1. The second kappa shape index (κ2) is 9.61. The van der Waals surface area contributed by atoms with Gasteiger partial charge in [0, 0.05) is 67.2 Å². The zero-order valence-corrected chi connectivity index (χ0v) is 22.8. The van der Waals surface area contributed by atoms with E-state index in [1.165, 1.54) is 49.8 Å². The molecule has 7 rings (SSSR count). The third-order valence-electron chi connectivity index (χ3n) is 8.84. The van der Waals surface area contributed by atoms with Gasteiger partial charge < -0.3 is 15.0 Å². The molecule has 1 unspecified atom stereocenters. The lowest BCUT2D eigenvalue weighted by Crippen LogP contribution is -2.37. The van der Waals surface area contributed by atoms with Gasteiger partial charge in [-0.25, -0.2) is 4.98 Å². The molecule has 3 aliphatic rings. The number of carbonyl (C=O) groups is 1. The topological polar surface area (TPSA) is 72.5 Å². The summed E-state index contributed by atoms with van der Waals surface area (Å²) in [5.41, 5.74) is 10.7. The van der Waals surface area contributed by atoms with Crippen molar-refractivity contribution in [3.63, 3.8) is 0 Å². The van der Waals surface area contributed by atoms with Crippen LogP contribution in [-0.4, -0.2) is 63.1 Å². The summed E-state index contributed by atoms with van der Waals surface area (Å²) in [7, 11) is 1.72. The number of pyridine rings is 1. The standard InChI is InChI=1S/C33H36N4O2/c1-20(38)17-36(2)33(39)22-8-6-21(7-9-22)30-16-35-32-29(30)14-26(15-34-32)25-12-23-4-3-5-24-18-37(28-10-11-28)19-27(13-25)31(23)24/h6-9,12-16,20,24,28,38H,3-5,10-11,17-19H2,1-2H3,(H,34,35)/t20-,24?/m0/s1. The first-order valence-electron chi connectivity index (χ1n) is 14.4. The number of H-pyrrole nitrogens is 1. The maximum atomic E-state index is 12.7. The van der Waals surface area contributed by atoms with Gasteiger partial charge in [-0.3, -0.25) is 9.69 Å². The molecule has 2 N–H and O–H groups in total. The zero-order chi connectivity index (χ0) is 26.7. The normalized spacial score (nSPS) is 19.6. The van der Waals surface area contributed by atoms with Crippen LogP contribution in [0.5, 0.6) is 0 Å². The van der Waals surface area contributed by atoms with Crippen LogP contribution in [0.15, 0.2) is 54.9 Å². The van der Waals surface area contributed by atoms with E-state index in [9.17, 15) is 9.90 Å². The van der Waals surface area contributed by atoms with Crippen molar-refractivity contribution in [2.75, 3.05) is 20.1 Å². The minimum absolute atomic E-state index is 0.0933. The molecule has 2 aromatic carbocycles. The number of nitrogens with one attached hydrogen (secondary N) is 1. The highest BCUT2D eigenvalue weighted by Crippen LogP contribution is 2.44. The second-order valence-corrected chi connectivity index (χ2v) is 11.9. The molecule has 4 aromatic rings. The molecule has 1 fully saturated rings. The van der Waals surface area contributed by atoms with Gasteiger partial charge in [0.05, 0.1) is 6.10 Å². The number of likely N-dealkylation sites (N-methyl/N-ethyl adjacent to an activating group) is 1. The van der Waals surface area contributed by atoms with Crippen LogP contribution in [0.4, 0.5) is 0 Å². The van der Waals surface area contributed by atoms with Crippen molar-refractivity contribution >= 4 is 16.9 Å². The molecular formula is C33H36N4O2. The van der Waals surface area contributed by atoms with E-state index in [4.69, 9.17) is 4.98 Å². The fourth-order valence-electron chi connectivity index (χ4n) is 6.85. The molecule has 0 saturated heterocycles. The van der Waals surface area contributed by atoms with Crippen LogP contribution in [0.2, 0.25) is 0 Å². The van der Waals surface area contributed by atoms with Crippen LogP contribution >= 0.6 is 0 Å². The predicted octanol–water partition coefficient (Wildman–Crippen LogP) is 5.75. The van der Waals surface area contributed by atoms with Crippen molar-refractivity contribution < 1.29 is 9.90 Å². The number of hydrogen-bond donors (Lipinski definition) is 2. The SMILES string of the molecule is C[C@H](O)CN(C)C(=O)c1ccc(-c2c[nH]c3ncc(-c4cc5c6c(c4)CN(C4CC4)CC6CCC5)cc23)cc1. The highest BCUT2D eigenvalue weighted by Gasteiger charge is 2.37. The molecule has 1 aliphatic heterocycles. The lowest BCUT2D eigenvalue weighted by atomic mass is 9.76. The summed E-state index contributed by atoms with van der Waals surface area (Å²) in [4.78, 5) is 25.1. The minimum Gasteiger partial charge on any atom is -0.392 e. The maximum Gasteiger partial charge on any atom is 0.253 e. The number of rotatable bonds is 6. The number of aromatic nitrogens is 2. The summed E-state index contributed by atoms with van der Waals surface area (Å²) in [5, 5.41) is 10.7. The Balaban J connectivity index is 1.21. The average molecular weight is 521 g/mol. The quantitative estimate of drug-likeness (QED) is 0.340. The fourth-order valence-corrected chi connectivity index (χ4v) is 6.85. The molecule has 2 atom stereocenters. The summed E-state index contributed by atoms with van der Waals surface area (Å²) in [6.07, 6.45) is 9.95. The smallest absolute Gasteiger partial charge is 0.253 e. The van der Waals surface area contributed by atoms with Crippen LogP contribution < -0.4 is 0 Å². The van der Waals surface area contributed by atoms with Crippen LogP contribution in [-0.2, 0) is 13.0 Å². The molecule has 6 heteroatoms. The summed E-state index contributed by atoms with van der Waals surface area (Å²) in [6.45, 7) is 4.32. The molecule has 1 amide bonds. The first-order valence-corrected chi connectivity index (χ1v) is 14.4. The van der Waals surface area contributed by atoms with E-state index < -0.39 is 6.10 Å². The third-order valence-corrected chi connectivity index (χ3v) is 8.84. The molecule has 200 valence electrons. The average Bonchev–Trinajstić information content (AvgIpc) is 3.71. The Morgan fingerprint density at radius 1 is 1.10 bits per heavy atom. The Hall–Kier alpha value is -3.48. The van der Waals surface area contributed by atoms with E-state index in [1.54, 1.807) is 30.0 Å². The highest BCUT2D eigenvalue weighted by atomic mass is 16.3. The van der Waals surface area contributed by atoms with E-state index in [1.807, 2.05) is 36.7 Å². The monoisotopic (exact) mass is 520 g/mol. The summed E-state index contributed by atoms with van der Waals surface area (Å²) in [6, 6.07) is 15.6. The van der Waals surface area contributed by atoms with Crippen molar-refractivity contribution in [3.05, 3.63) is 77.1 Å². The molecule has 6 nitrogen and oxygen atoms in total. The van der Waals surface area contributed by atoms with Gasteiger partial charge in [0.1, 0.15) is 5.65 Å². The van der Waals surface area contributed by atoms with Gasteiger partial charge >= 0.3 is 0 Å². The summed E-state index contributed by atoms with van der Waals surface area (Å²) >= 11 is 0. The van der Waals surface area contributed by atoms with Gasteiger partial charge in [0.25, 0.3) is 5.91 Å². The van der Waals surface area contributed by atoms with Crippen LogP contribution in [0, 0.1) is 0 Å². The number of aromatic amines is 1. The molecule has 2 aromatic heterocycles. The van der Waals surface area contributed by atoms with Crippen LogP contribution in [0.3, 0.4) is 0 Å². The number of aliphatic hydroxyl groups is 1. The third kappa shape index (κ3) is 4.56. The van der Waals surface area contributed by atoms with E-state index in [0.717, 1.165) is 40.3 Å². The Bertz CT molecular complexity index is 1550. The predicted molar refractivity (Wildman–Crippen MR) is 155 cm³/mol. The number of aliphatic hydroxyl groups excluding tert-OH is 1. The van der Waals surface area contributed by atoms with Crippen LogP contribution in [0.25, 0.3) is 33.3 Å². The van der Waals surface area contributed by atoms with E-state index in [2.05, 4.69) is 28.1 Å². The van der Waals surface area contributed by atoms with Gasteiger partial charge in [0.15, 0.2) is 0 Å². The van der Waals surface area contributed by atoms with Gasteiger partial charge in [-0.15, -0.1) is 0 Å². The van der Waals surface area contributed by atoms with Gasteiger partial charge in [-0.2, -0.15) is 0 Å². The molecule has 0 radical (unpaired) electrons. The molecule has 1 saturated carbocycles. The van der Waals surface area contributed by atoms with Crippen molar-refractivity contribution in [1.82, 2.24) is 19.8 Å². The number of aryl methyl sites for hydroxylation is 1. The summed E-state index contributed by atoms with van der Waals surface area (Å²) in [5.74, 6) is 0.606. The number of benzene rings is 2. The minimum atomic E-state index is -0.557. The molecular weight excluding hydrogens is 484 g/mol. The Labute approximate surface area is 229 Å². The Morgan fingerprint density at radius 3 is 2.67 bits per heavy atom. The number of carbonyl (C=O) groups excluding carboxylic acids is 1. The molecule has 39 heavy (non-hydrogen) atoms. The molecule has 2 aliphatic carbocycles. The zero-order valence-electron chi connectivity index (χ0n) is 22.8. The number of nitrogens with zero attached hydrogens (tertiary/aromatic N) is 3. The molecule has 3 heterocycles. The Morgan fingerprint density at radius 2 is 1.90 bits per heavy atom. The number of hydrogen-bond acceptors (Lipinski definition) is 4. The van der Waals surface area contributed by atoms with Gasteiger partial charge in [-0.05, 0) is 97.0 Å². The second-order valence-electron chi connectivity index (χ2n) is 11.9. The first-order chi connectivity index (χ1) is 18.9. The number of fused-ring (bicyclic) bond motifs is 1.